The molecule has 80 valence electrons. The van der Waals surface area contributed by atoms with Crippen molar-refractivity contribution in [2.24, 2.45) is 5.84 Å². The Morgan fingerprint density at radius 2 is 2.33 bits per heavy atom. The molecule has 0 aliphatic rings. The standard InChI is InChI=1S/C11H14N2OS/c12-13-10(11-4-2-8-15-11)6-5-9-3-1-7-14-9/h1-4,7-8,10,13H,5-6,12H2. The first kappa shape index (κ1) is 10.4. The zero-order valence-electron chi connectivity index (χ0n) is 8.35. The van der Waals surface area contributed by atoms with Crippen LogP contribution in [0, 0.1) is 0 Å². The third-order valence-corrected chi connectivity index (χ3v) is 3.33. The molecule has 0 amide bonds. The van der Waals surface area contributed by atoms with Crippen LogP contribution in [-0.2, 0) is 6.42 Å². The molecule has 15 heavy (non-hydrogen) atoms. The van der Waals surface area contributed by atoms with Gasteiger partial charge in [-0.1, -0.05) is 6.07 Å². The van der Waals surface area contributed by atoms with Gasteiger partial charge in [0.2, 0.25) is 0 Å². The second-order valence-corrected chi connectivity index (χ2v) is 4.33. The number of nitrogens with one attached hydrogen (secondary N) is 1. The highest BCUT2D eigenvalue weighted by atomic mass is 32.1. The third-order valence-electron chi connectivity index (χ3n) is 2.35. The van der Waals surface area contributed by atoms with Gasteiger partial charge in [0.1, 0.15) is 5.76 Å². The van der Waals surface area contributed by atoms with Gasteiger partial charge in [0.15, 0.2) is 0 Å². The Kier molecular flexibility index (Phi) is 3.55. The molecule has 3 nitrogen and oxygen atoms in total. The number of hydrogen-bond donors (Lipinski definition) is 2. The summed E-state index contributed by atoms with van der Waals surface area (Å²) in [6, 6.07) is 8.25. The van der Waals surface area contributed by atoms with E-state index in [2.05, 4.69) is 16.9 Å². The van der Waals surface area contributed by atoms with E-state index in [9.17, 15) is 0 Å². The number of nitrogens with two attached hydrogens (primary N) is 1. The molecule has 0 aliphatic carbocycles. The van der Waals surface area contributed by atoms with Crippen molar-refractivity contribution in [3.05, 3.63) is 46.5 Å². The van der Waals surface area contributed by atoms with E-state index in [0.717, 1.165) is 18.6 Å². The molecular weight excluding hydrogens is 208 g/mol. The molecule has 4 heteroatoms. The minimum absolute atomic E-state index is 0.218. The van der Waals surface area contributed by atoms with Crippen LogP contribution in [0.15, 0.2) is 40.3 Å². The molecule has 0 saturated heterocycles. The Labute approximate surface area is 92.9 Å². The summed E-state index contributed by atoms with van der Waals surface area (Å²) < 4.78 is 5.28. The topological polar surface area (TPSA) is 51.2 Å². The predicted octanol–water partition coefficient (Wildman–Crippen LogP) is 2.48. The first-order valence-corrected chi connectivity index (χ1v) is 5.80. The van der Waals surface area contributed by atoms with Crippen LogP contribution in [0.2, 0.25) is 0 Å². The molecule has 1 unspecified atom stereocenters. The highest BCUT2D eigenvalue weighted by Gasteiger charge is 2.11. The Hall–Kier alpha value is -1.10. The second-order valence-electron chi connectivity index (χ2n) is 3.35. The summed E-state index contributed by atoms with van der Waals surface area (Å²) in [5.41, 5.74) is 2.84. The van der Waals surface area contributed by atoms with Crippen molar-refractivity contribution in [3.8, 4) is 0 Å². The van der Waals surface area contributed by atoms with Gasteiger partial charge in [-0.3, -0.25) is 11.3 Å². The van der Waals surface area contributed by atoms with Crippen LogP contribution in [0.4, 0.5) is 0 Å². The first-order valence-electron chi connectivity index (χ1n) is 4.92. The maximum Gasteiger partial charge on any atom is 0.103 e. The molecular formula is C11H14N2OS. The zero-order valence-corrected chi connectivity index (χ0v) is 9.17. The quantitative estimate of drug-likeness (QED) is 0.603. The van der Waals surface area contributed by atoms with Gasteiger partial charge < -0.3 is 4.42 Å². The summed E-state index contributed by atoms with van der Waals surface area (Å²) in [5.74, 6) is 6.54. The van der Waals surface area contributed by atoms with Gasteiger partial charge in [-0.15, -0.1) is 11.3 Å². The van der Waals surface area contributed by atoms with Crippen LogP contribution >= 0.6 is 11.3 Å². The third kappa shape index (κ3) is 2.68. The molecule has 3 N–H and O–H groups in total. The molecule has 0 bridgehead atoms. The van der Waals surface area contributed by atoms with Crippen molar-refractivity contribution in [1.82, 2.24) is 5.43 Å². The van der Waals surface area contributed by atoms with Crippen LogP contribution in [-0.4, -0.2) is 0 Å². The average molecular weight is 222 g/mol. The van der Waals surface area contributed by atoms with E-state index in [1.54, 1.807) is 17.6 Å². The van der Waals surface area contributed by atoms with Gasteiger partial charge in [-0.25, -0.2) is 0 Å². The molecule has 0 aromatic carbocycles. The van der Waals surface area contributed by atoms with Crippen LogP contribution < -0.4 is 11.3 Å². The largest absolute Gasteiger partial charge is 0.469 e. The van der Waals surface area contributed by atoms with Crippen molar-refractivity contribution >= 4 is 11.3 Å². The van der Waals surface area contributed by atoms with E-state index in [4.69, 9.17) is 10.3 Å². The summed E-state index contributed by atoms with van der Waals surface area (Å²) in [6.45, 7) is 0. The normalized spacial score (nSPS) is 12.9. The van der Waals surface area contributed by atoms with E-state index in [-0.39, 0.29) is 6.04 Å². The fourth-order valence-electron chi connectivity index (χ4n) is 1.54. The number of hydrogen-bond acceptors (Lipinski definition) is 4. The van der Waals surface area contributed by atoms with Crippen molar-refractivity contribution in [2.45, 2.75) is 18.9 Å². The van der Waals surface area contributed by atoms with Crippen molar-refractivity contribution < 1.29 is 4.42 Å². The summed E-state index contributed by atoms with van der Waals surface area (Å²) in [5, 5.41) is 2.06. The number of aryl methyl sites for hydroxylation is 1. The van der Waals surface area contributed by atoms with Gasteiger partial charge in [0, 0.05) is 11.3 Å². The molecule has 2 heterocycles. The number of hydrazine groups is 1. The SMILES string of the molecule is NNC(CCc1ccco1)c1cccs1. The molecule has 2 aromatic rings. The van der Waals surface area contributed by atoms with Gasteiger partial charge in [0.25, 0.3) is 0 Å². The van der Waals surface area contributed by atoms with Crippen molar-refractivity contribution in [2.75, 3.05) is 0 Å². The molecule has 0 saturated carbocycles. The lowest BCUT2D eigenvalue weighted by Gasteiger charge is -2.12. The average Bonchev–Trinajstić information content (AvgIpc) is 2.90. The molecule has 0 spiro atoms. The molecule has 0 fully saturated rings. The summed E-state index contributed by atoms with van der Waals surface area (Å²) in [6.07, 6.45) is 3.55. The highest BCUT2D eigenvalue weighted by Crippen LogP contribution is 2.22. The van der Waals surface area contributed by atoms with Crippen LogP contribution in [0.3, 0.4) is 0 Å². The van der Waals surface area contributed by atoms with Crippen molar-refractivity contribution in [3.63, 3.8) is 0 Å². The maximum absolute atomic E-state index is 5.53. The lowest BCUT2D eigenvalue weighted by atomic mass is 10.1. The number of furan rings is 1. The van der Waals surface area contributed by atoms with Crippen molar-refractivity contribution in [1.29, 1.82) is 0 Å². The highest BCUT2D eigenvalue weighted by molar-refractivity contribution is 7.10. The fourth-order valence-corrected chi connectivity index (χ4v) is 2.36. The van der Waals surface area contributed by atoms with E-state index in [1.165, 1.54) is 4.88 Å². The fraction of sp³-hybridized carbons (Fsp3) is 0.273. The van der Waals surface area contributed by atoms with Gasteiger partial charge in [-0.05, 0) is 30.0 Å². The Morgan fingerprint density at radius 3 is 2.93 bits per heavy atom. The molecule has 0 aliphatic heterocycles. The lowest BCUT2D eigenvalue weighted by Crippen LogP contribution is -2.27. The van der Waals surface area contributed by atoms with Gasteiger partial charge in [-0.2, -0.15) is 0 Å². The Bertz CT molecular complexity index is 369. The van der Waals surface area contributed by atoms with Gasteiger partial charge >= 0.3 is 0 Å². The Morgan fingerprint density at radius 1 is 1.40 bits per heavy atom. The monoisotopic (exact) mass is 222 g/mol. The predicted molar refractivity (Wildman–Crippen MR) is 61.4 cm³/mol. The van der Waals surface area contributed by atoms with E-state index in [1.807, 2.05) is 18.2 Å². The Balaban J connectivity index is 1.92. The van der Waals surface area contributed by atoms with Crippen LogP contribution in [0.25, 0.3) is 0 Å². The van der Waals surface area contributed by atoms with E-state index in [0.29, 0.717) is 0 Å². The number of thiophene rings is 1. The minimum atomic E-state index is 0.218. The smallest absolute Gasteiger partial charge is 0.103 e. The van der Waals surface area contributed by atoms with Gasteiger partial charge in [0.05, 0.1) is 12.3 Å². The summed E-state index contributed by atoms with van der Waals surface area (Å²) >= 11 is 1.72. The minimum Gasteiger partial charge on any atom is -0.469 e. The maximum atomic E-state index is 5.53. The van der Waals surface area contributed by atoms with E-state index < -0.39 is 0 Å². The van der Waals surface area contributed by atoms with Crippen LogP contribution in [0.5, 0.6) is 0 Å². The zero-order chi connectivity index (χ0) is 10.5. The van der Waals surface area contributed by atoms with E-state index >= 15 is 0 Å². The molecule has 2 aromatic heterocycles. The molecule has 0 radical (unpaired) electrons. The second kappa shape index (κ2) is 5.11. The summed E-state index contributed by atoms with van der Waals surface area (Å²) in [4.78, 5) is 1.27. The summed E-state index contributed by atoms with van der Waals surface area (Å²) in [7, 11) is 0. The lowest BCUT2D eigenvalue weighted by molar-refractivity contribution is 0.462. The van der Waals surface area contributed by atoms with Crippen LogP contribution in [0.1, 0.15) is 23.1 Å². The number of rotatable bonds is 5. The molecule has 2 rings (SSSR count). The first-order chi connectivity index (χ1) is 7.40. The molecule has 1 atom stereocenters.